The van der Waals surface area contributed by atoms with Gasteiger partial charge in [0.1, 0.15) is 5.75 Å². The molecule has 1 aromatic rings. The van der Waals surface area contributed by atoms with E-state index in [-0.39, 0.29) is 29.3 Å². The van der Waals surface area contributed by atoms with Crippen molar-refractivity contribution in [1.82, 2.24) is 16.2 Å². The van der Waals surface area contributed by atoms with Crippen molar-refractivity contribution in [3.63, 3.8) is 0 Å². The SMILES string of the molecule is COC(=O)CCC(=O)NC(=S)NNC(=O)c1ccccc1O. The van der Waals surface area contributed by atoms with E-state index in [2.05, 4.69) is 20.9 Å². The number of hydrogen-bond donors (Lipinski definition) is 4. The molecule has 2 amide bonds. The van der Waals surface area contributed by atoms with Crippen LogP contribution in [0.4, 0.5) is 0 Å². The van der Waals surface area contributed by atoms with Gasteiger partial charge >= 0.3 is 5.97 Å². The summed E-state index contributed by atoms with van der Waals surface area (Å²) in [6.45, 7) is 0. The Morgan fingerprint density at radius 2 is 1.86 bits per heavy atom. The molecular formula is C13H15N3O5S. The van der Waals surface area contributed by atoms with Crippen molar-refractivity contribution in [2.75, 3.05) is 7.11 Å². The normalized spacial score (nSPS) is 9.50. The Kier molecular flexibility index (Phi) is 6.77. The molecule has 0 aromatic heterocycles. The molecule has 0 bridgehead atoms. The van der Waals surface area contributed by atoms with Crippen LogP contribution in [0.25, 0.3) is 0 Å². The lowest BCUT2D eigenvalue weighted by Crippen LogP contribution is -2.48. The van der Waals surface area contributed by atoms with Crippen molar-refractivity contribution < 1.29 is 24.2 Å². The van der Waals surface area contributed by atoms with Gasteiger partial charge in [-0.25, -0.2) is 0 Å². The van der Waals surface area contributed by atoms with Gasteiger partial charge in [0.2, 0.25) is 5.91 Å². The van der Waals surface area contributed by atoms with Gasteiger partial charge in [0, 0.05) is 6.42 Å². The molecule has 0 atom stereocenters. The number of ether oxygens (including phenoxy) is 1. The molecule has 0 saturated carbocycles. The smallest absolute Gasteiger partial charge is 0.306 e. The number of thiocarbonyl (C=S) groups is 1. The van der Waals surface area contributed by atoms with E-state index < -0.39 is 17.8 Å². The summed E-state index contributed by atoms with van der Waals surface area (Å²) in [5.41, 5.74) is 4.59. The van der Waals surface area contributed by atoms with Crippen molar-refractivity contribution in [3.8, 4) is 5.75 Å². The van der Waals surface area contributed by atoms with Crippen molar-refractivity contribution in [1.29, 1.82) is 0 Å². The van der Waals surface area contributed by atoms with Crippen molar-refractivity contribution in [2.24, 2.45) is 0 Å². The molecule has 8 nitrogen and oxygen atoms in total. The molecule has 0 fully saturated rings. The molecule has 0 saturated heterocycles. The summed E-state index contributed by atoms with van der Waals surface area (Å²) in [5.74, 6) is -1.82. The first-order valence-electron chi connectivity index (χ1n) is 6.19. The molecule has 0 aliphatic carbocycles. The maximum Gasteiger partial charge on any atom is 0.306 e. The van der Waals surface area contributed by atoms with E-state index in [0.29, 0.717) is 0 Å². The number of carbonyl (C=O) groups excluding carboxylic acids is 3. The molecule has 9 heteroatoms. The van der Waals surface area contributed by atoms with Crippen LogP contribution in [0, 0.1) is 0 Å². The van der Waals surface area contributed by atoms with Crippen LogP contribution in [0.1, 0.15) is 23.2 Å². The van der Waals surface area contributed by atoms with Gasteiger partial charge in [0.25, 0.3) is 5.91 Å². The highest BCUT2D eigenvalue weighted by Crippen LogP contribution is 2.14. The van der Waals surface area contributed by atoms with Gasteiger partial charge in [0.15, 0.2) is 5.11 Å². The molecule has 0 radical (unpaired) electrons. The van der Waals surface area contributed by atoms with Crippen LogP contribution in [-0.2, 0) is 14.3 Å². The standard InChI is InChI=1S/C13H15N3O5S/c1-21-11(19)7-6-10(18)14-13(22)16-15-12(20)8-4-2-3-5-9(8)17/h2-5,17H,6-7H2,1H3,(H,15,20)(H2,14,16,18,22). The summed E-state index contributed by atoms with van der Waals surface area (Å²) in [6, 6.07) is 5.94. The molecule has 22 heavy (non-hydrogen) atoms. The number of carbonyl (C=O) groups is 3. The second-order valence-corrected chi connectivity index (χ2v) is 4.46. The largest absolute Gasteiger partial charge is 0.507 e. The zero-order valence-electron chi connectivity index (χ0n) is 11.7. The monoisotopic (exact) mass is 325 g/mol. The summed E-state index contributed by atoms with van der Waals surface area (Å²) in [5, 5.41) is 11.6. The van der Waals surface area contributed by atoms with E-state index in [1.54, 1.807) is 12.1 Å². The van der Waals surface area contributed by atoms with Crippen LogP contribution in [0.15, 0.2) is 24.3 Å². The third kappa shape index (κ3) is 5.75. The second kappa shape index (κ2) is 8.57. The number of benzene rings is 1. The Labute approximate surface area is 131 Å². The van der Waals surface area contributed by atoms with Crippen LogP contribution >= 0.6 is 12.2 Å². The predicted octanol–water partition coefficient (Wildman–Crippen LogP) is -0.0191. The molecule has 118 valence electrons. The summed E-state index contributed by atoms with van der Waals surface area (Å²) in [6.07, 6.45) is -0.170. The first kappa shape index (κ1) is 17.4. The quantitative estimate of drug-likeness (QED) is 0.349. The number of para-hydroxylation sites is 1. The zero-order chi connectivity index (χ0) is 16.5. The van der Waals surface area contributed by atoms with Gasteiger partial charge in [-0.2, -0.15) is 0 Å². The number of esters is 1. The lowest BCUT2D eigenvalue weighted by molar-refractivity contribution is -0.142. The van der Waals surface area contributed by atoms with E-state index in [0.717, 1.165) is 0 Å². The summed E-state index contributed by atoms with van der Waals surface area (Å²) < 4.78 is 4.40. The number of nitrogens with one attached hydrogen (secondary N) is 3. The van der Waals surface area contributed by atoms with E-state index >= 15 is 0 Å². The van der Waals surface area contributed by atoms with E-state index in [4.69, 9.17) is 12.2 Å². The predicted molar refractivity (Wildman–Crippen MR) is 80.7 cm³/mol. The van der Waals surface area contributed by atoms with Crippen LogP contribution in [-0.4, -0.2) is 35.1 Å². The Morgan fingerprint density at radius 1 is 1.18 bits per heavy atom. The van der Waals surface area contributed by atoms with Crippen LogP contribution in [0.3, 0.4) is 0 Å². The van der Waals surface area contributed by atoms with Gasteiger partial charge in [-0.05, 0) is 24.4 Å². The molecule has 4 N–H and O–H groups in total. The molecular weight excluding hydrogens is 310 g/mol. The van der Waals surface area contributed by atoms with E-state index in [1.807, 2.05) is 0 Å². The van der Waals surface area contributed by atoms with E-state index in [9.17, 15) is 19.5 Å². The molecule has 1 aromatic carbocycles. The number of phenols is 1. The van der Waals surface area contributed by atoms with Crippen molar-refractivity contribution in [3.05, 3.63) is 29.8 Å². The Balaban J connectivity index is 2.37. The molecule has 0 aliphatic rings. The third-order valence-corrected chi connectivity index (χ3v) is 2.68. The molecule has 0 unspecified atom stereocenters. The lowest BCUT2D eigenvalue weighted by Gasteiger charge is -2.11. The Bertz CT molecular complexity index is 591. The van der Waals surface area contributed by atoms with Gasteiger partial charge in [-0.15, -0.1) is 0 Å². The summed E-state index contributed by atoms with van der Waals surface area (Å²) in [7, 11) is 1.22. The van der Waals surface area contributed by atoms with Crippen LogP contribution < -0.4 is 16.2 Å². The average molecular weight is 325 g/mol. The number of phenolic OH excluding ortho intramolecular Hbond substituents is 1. The number of aromatic hydroxyl groups is 1. The van der Waals surface area contributed by atoms with Crippen LogP contribution in [0.5, 0.6) is 5.75 Å². The second-order valence-electron chi connectivity index (χ2n) is 4.05. The van der Waals surface area contributed by atoms with Gasteiger partial charge in [0.05, 0.1) is 19.1 Å². The average Bonchev–Trinajstić information content (AvgIpc) is 2.50. The van der Waals surface area contributed by atoms with Gasteiger partial charge in [-0.3, -0.25) is 25.2 Å². The number of hydrogen-bond acceptors (Lipinski definition) is 6. The van der Waals surface area contributed by atoms with Crippen molar-refractivity contribution >= 4 is 35.1 Å². The molecule has 0 spiro atoms. The fraction of sp³-hybridized carbons (Fsp3) is 0.231. The first-order valence-corrected chi connectivity index (χ1v) is 6.60. The highest BCUT2D eigenvalue weighted by molar-refractivity contribution is 7.80. The van der Waals surface area contributed by atoms with Gasteiger partial charge < -0.3 is 15.2 Å². The van der Waals surface area contributed by atoms with Crippen LogP contribution in [0.2, 0.25) is 0 Å². The number of methoxy groups -OCH3 is 1. The Hall–Kier alpha value is -2.68. The molecule has 0 aliphatic heterocycles. The van der Waals surface area contributed by atoms with Crippen molar-refractivity contribution in [2.45, 2.75) is 12.8 Å². The molecule has 0 heterocycles. The highest BCUT2D eigenvalue weighted by atomic mass is 32.1. The highest BCUT2D eigenvalue weighted by Gasteiger charge is 2.11. The van der Waals surface area contributed by atoms with E-state index in [1.165, 1.54) is 19.2 Å². The fourth-order valence-electron chi connectivity index (χ4n) is 1.38. The number of hydrazine groups is 1. The summed E-state index contributed by atoms with van der Waals surface area (Å²) >= 11 is 4.80. The fourth-order valence-corrected chi connectivity index (χ4v) is 1.55. The number of amides is 2. The topological polar surface area (TPSA) is 117 Å². The van der Waals surface area contributed by atoms with Gasteiger partial charge in [-0.1, -0.05) is 12.1 Å². The minimum Gasteiger partial charge on any atom is -0.507 e. The third-order valence-electron chi connectivity index (χ3n) is 2.48. The lowest BCUT2D eigenvalue weighted by atomic mass is 10.2. The summed E-state index contributed by atoms with van der Waals surface area (Å²) in [4.78, 5) is 34.1. The molecule has 1 rings (SSSR count). The minimum absolute atomic E-state index is 0.0508. The maximum absolute atomic E-state index is 11.7. The first-order chi connectivity index (χ1) is 10.4. The Morgan fingerprint density at radius 3 is 2.50 bits per heavy atom. The minimum atomic E-state index is -0.621. The maximum atomic E-state index is 11.7. The zero-order valence-corrected chi connectivity index (χ0v) is 12.5. The number of rotatable bonds is 4.